The molecule has 74 heavy (non-hydrogen) atoms. The van der Waals surface area contributed by atoms with Crippen molar-refractivity contribution in [3.8, 4) is 16.2 Å². The Morgan fingerprint density at radius 3 is 2.34 bits per heavy atom. The maximum absolute atomic E-state index is 14.0. The number of thiazole rings is 1. The second kappa shape index (κ2) is 26.0. The van der Waals surface area contributed by atoms with Crippen LogP contribution in [0.1, 0.15) is 94.3 Å². The van der Waals surface area contributed by atoms with Gasteiger partial charge in [0.1, 0.15) is 29.7 Å². The lowest BCUT2D eigenvalue weighted by Gasteiger charge is -2.48. The Morgan fingerprint density at radius 2 is 1.66 bits per heavy atom. The Hall–Kier alpha value is -5.97. The minimum Gasteiger partial charge on any atom is -0.495 e. The lowest BCUT2D eigenvalue weighted by atomic mass is 9.85. The second-order valence-electron chi connectivity index (χ2n) is 20.2. The Bertz CT molecular complexity index is 2520. The van der Waals surface area contributed by atoms with Crippen LogP contribution in [0.2, 0.25) is 0 Å². The average Bonchev–Trinajstić information content (AvgIpc) is 4.18. The quantitative estimate of drug-likeness (QED) is 0.0478. The van der Waals surface area contributed by atoms with Gasteiger partial charge in [0.05, 0.1) is 73.6 Å². The molecule has 3 aliphatic rings. The summed E-state index contributed by atoms with van der Waals surface area (Å²) < 4.78 is 17.0. The first-order valence-electron chi connectivity index (χ1n) is 25.8. The summed E-state index contributed by atoms with van der Waals surface area (Å²) in [5.74, 6) is 0.260. The van der Waals surface area contributed by atoms with E-state index < -0.39 is 35.7 Å². The van der Waals surface area contributed by atoms with Crippen molar-refractivity contribution in [3.05, 3.63) is 71.0 Å². The number of carbonyl (C=O) groups is 4. The second-order valence-corrected chi connectivity index (χ2v) is 21.1. The molecule has 402 valence electrons. The summed E-state index contributed by atoms with van der Waals surface area (Å²) in [6, 6.07) is 11.4. The molecular weight excluding hydrogens is 967 g/mol. The monoisotopic (exact) mass is 1040 g/mol. The first-order chi connectivity index (χ1) is 35.6. The van der Waals surface area contributed by atoms with Crippen molar-refractivity contribution in [1.82, 2.24) is 41.1 Å². The van der Waals surface area contributed by atoms with Crippen molar-refractivity contribution >= 4 is 58.1 Å². The normalized spacial score (nSPS) is 19.3. The number of β-amino-alcohol motifs (C(OH)–C–C–N with tert-alkyl or cyclic N) is 1. The van der Waals surface area contributed by atoms with E-state index in [4.69, 9.17) is 19.2 Å². The van der Waals surface area contributed by atoms with Crippen molar-refractivity contribution in [2.45, 2.75) is 123 Å². The third-order valence-corrected chi connectivity index (χ3v) is 14.9. The van der Waals surface area contributed by atoms with Crippen molar-refractivity contribution in [2.75, 3.05) is 81.9 Å². The summed E-state index contributed by atoms with van der Waals surface area (Å²) in [6.45, 7) is 12.3. The number of benzene rings is 2. The predicted octanol–water partition coefficient (Wildman–Crippen LogP) is 4.51. The third-order valence-electron chi connectivity index (χ3n) is 13.9. The van der Waals surface area contributed by atoms with E-state index in [1.807, 2.05) is 69.4 Å². The van der Waals surface area contributed by atoms with Gasteiger partial charge in [0.25, 0.3) is 5.91 Å². The summed E-state index contributed by atoms with van der Waals surface area (Å²) in [5, 5.41) is 36.9. The molecule has 21 heteroatoms. The fourth-order valence-electron chi connectivity index (χ4n) is 9.80. The number of nitrogens with one attached hydrogen (secondary N) is 5. The third kappa shape index (κ3) is 14.0. The first kappa shape index (κ1) is 55.8. The highest BCUT2D eigenvalue weighted by Gasteiger charge is 2.45. The number of likely N-dealkylation sites (tertiary alicyclic amines) is 1. The van der Waals surface area contributed by atoms with Gasteiger partial charge < -0.3 is 65.7 Å². The number of aliphatic hydroxyl groups is 2. The Morgan fingerprint density at radius 1 is 0.932 bits per heavy atom. The van der Waals surface area contributed by atoms with Gasteiger partial charge in [0, 0.05) is 64.2 Å². The van der Waals surface area contributed by atoms with Crippen molar-refractivity contribution in [2.24, 2.45) is 5.41 Å². The fraction of sp³-hybridized carbons (Fsp3) is 0.566. The predicted molar refractivity (Wildman–Crippen MR) is 285 cm³/mol. The molecule has 2 fully saturated rings. The minimum absolute atomic E-state index is 0.00373. The number of rotatable bonds is 24. The van der Waals surface area contributed by atoms with Crippen LogP contribution in [0.3, 0.4) is 0 Å². The molecule has 4 amide bonds. The number of aromatic nitrogens is 3. The van der Waals surface area contributed by atoms with E-state index in [9.17, 15) is 29.4 Å². The number of fused-ring (bicyclic) bond motifs is 1. The van der Waals surface area contributed by atoms with Crippen LogP contribution in [0.25, 0.3) is 10.4 Å². The summed E-state index contributed by atoms with van der Waals surface area (Å²) in [7, 11) is 3.41. The van der Waals surface area contributed by atoms with Crippen LogP contribution < -0.4 is 41.1 Å². The van der Waals surface area contributed by atoms with E-state index in [0.717, 1.165) is 65.3 Å². The molecule has 0 spiro atoms. The van der Waals surface area contributed by atoms with Crippen molar-refractivity contribution < 1.29 is 43.6 Å². The molecule has 20 nitrogen and oxygen atoms in total. The zero-order chi connectivity index (χ0) is 52.9. The van der Waals surface area contributed by atoms with E-state index in [1.165, 1.54) is 12.0 Å². The number of anilines is 4. The highest BCUT2D eigenvalue weighted by molar-refractivity contribution is 7.13. The number of likely N-dealkylation sites (N-methyl/N-ethyl adjacent to an activating group) is 1. The number of nitrogens with zero attached hydrogens (tertiary/aromatic N) is 6. The van der Waals surface area contributed by atoms with Gasteiger partial charge in [0.15, 0.2) is 5.82 Å². The number of carbonyl (C=O) groups excluding carboxylic acids is 4. The highest BCUT2D eigenvalue weighted by Crippen LogP contribution is 2.42. The lowest BCUT2D eigenvalue weighted by molar-refractivity contribution is -0.144. The molecule has 2 aromatic carbocycles. The zero-order valence-corrected chi connectivity index (χ0v) is 44.6. The molecule has 2 aromatic heterocycles. The van der Waals surface area contributed by atoms with E-state index in [2.05, 4.69) is 48.4 Å². The van der Waals surface area contributed by atoms with Crippen LogP contribution in [0.4, 0.5) is 23.1 Å². The Labute approximate surface area is 438 Å². The number of hydrogen-bond donors (Lipinski definition) is 7. The maximum Gasteiger partial charge on any atom is 0.251 e. The molecule has 7 rings (SSSR count). The Kier molecular flexibility index (Phi) is 19.6. The van der Waals surface area contributed by atoms with Crippen LogP contribution in [-0.4, -0.2) is 157 Å². The van der Waals surface area contributed by atoms with Crippen LogP contribution in [0, 0.1) is 12.3 Å². The lowest BCUT2D eigenvalue weighted by Crippen LogP contribution is -2.58. The molecule has 0 bridgehead atoms. The van der Waals surface area contributed by atoms with Gasteiger partial charge >= 0.3 is 0 Å². The maximum atomic E-state index is 14.0. The number of aryl methyl sites for hydroxylation is 1. The number of aliphatic hydroxyl groups excluding tert-OH is 2. The van der Waals surface area contributed by atoms with E-state index in [0.29, 0.717) is 61.9 Å². The van der Waals surface area contributed by atoms with Gasteiger partial charge in [0.2, 0.25) is 23.7 Å². The van der Waals surface area contributed by atoms with Gasteiger partial charge in [-0.05, 0) is 60.9 Å². The molecule has 5 atom stereocenters. The van der Waals surface area contributed by atoms with Crippen LogP contribution in [0.5, 0.6) is 5.75 Å². The molecular formula is C53H75N11O9S. The van der Waals surface area contributed by atoms with Gasteiger partial charge in [-0.15, -0.1) is 11.3 Å². The van der Waals surface area contributed by atoms with Crippen LogP contribution >= 0.6 is 11.3 Å². The Balaban J connectivity index is 0.765. The summed E-state index contributed by atoms with van der Waals surface area (Å²) in [5.41, 5.74) is 5.85. The zero-order valence-electron chi connectivity index (χ0n) is 43.8. The van der Waals surface area contributed by atoms with Crippen molar-refractivity contribution in [1.29, 1.82) is 0 Å². The van der Waals surface area contributed by atoms with Gasteiger partial charge in [-0.3, -0.25) is 19.2 Å². The van der Waals surface area contributed by atoms with Crippen LogP contribution in [-0.2, 0) is 30.4 Å². The smallest absolute Gasteiger partial charge is 0.251 e. The molecule has 1 saturated carbocycles. The number of hydrogen-bond acceptors (Lipinski definition) is 17. The van der Waals surface area contributed by atoms with E-state index in [1.54, 1.807) is 35.7 Å². The molecule has 7 N–H and O–H groups in total. The van der Waals surface area contributed by atoms with Crippen molar-refractivity contribution in [3.63, 3.8) is 0 Å². The number of methoxy groups -OCH3 is 1. The molecule has 1 unspecified atom stereocenters. The fourth-order valence-corrected chi connectivity index (χ4v) is 10.6. The van der Waals surface area contributed by atoms with Gasteiger partial charge in [-0.1, -0.05) is 64.8 Å². The van der Waals surface area contributed by atoms with Crippen LogP contribution in [0.15, 0.2) is 54.2 Å². The van der Waals surface area contributed by atoms with Gasteiger partial charge in [-0.2, -0.15) is 4.98 Å². The number of ether oxygens (including phenoxy) is 3. The SMILES string of the molecule is CC[C@@H]1C(O)N(C)c2cnc(Nc3ccc(C(=O)NCCOCCOCCNCCC(=O)N[C@H](C(=O)N4C[C@H](O)C[C@H]4C(=O)NCc4ccc(-c5scnc5C)cc4)C(C)(C)C)cc3OC)nc2N1C1CCCC1. The topological polar surface area (TPSA) is 245 Å². The van der Waals surface area contributed by atoms with E-state index >= 15 is 0 Å². The summed E-state index contributed by atoms with van der Waals surface area (Å²) in [6.07, 6.45) is 5.64. The summed E-state index contributed by atoms with van der Waals surface area (Å²) in [4.78, 5) is 74.1. The molecule has 1 saturated heterocycles. The minimum atomic E-state index is -0.918. The molecule has 4 aromatic rings. The molecule has 4 heterocycles. The first-order valence-corrected chi connectivity index (χ1v) is 26.7. The number of amides is 4. The molecule has 2 aliphatic heterocycles. The summed E-state index contributed by atoms with van der Waals surface area (Å²) >= 11 is 1.57. The molecule has 1 aliphatic carbocycles. The standard InChI is InChI=1S/C53H75N11O9S/c1-8-40-50(69)62(6)42-30-57-52(61-47(42)64(40)37-11-9-10-12-37)59-39-18-17-36(27-43(39)71-7)48(67)55-22-24-73-26-25-72-23-21-54-20-19-44(66)60-46(53(3,4)5)51(70)63-31-38(65)28-41(63)49(68)56-29-34-13-15-35(16-14-34)45-33(2)58-32-74-45/h13-18,27,30,32,37-38,40-41,46,50,54,65,69H,8-12,19-26,28-29,31H2,1-7H3,(H,55,67)(H,56,68)(H,60,66)(H,57,59,61)/t38-,40-,41+,46-,50?/m1/s1. The molecule has 0 radical (unpaired) electrons. The van der Waals surface area contributed by atoms with E-state index in [-0.39, 0.29) is 62.8 Å². The average molecular weight is 1040 g/mol. The van der Waals surface area contributed by atoms with Gasteiger partial charge in [-0.25, -0.2) is 9.97 Å². The largest absolute Gasteiger partial charge is 0.495 e. The highest BCUT2D eigenvalue weighted by atomic mass is 32.1.